The van der Waals surface area contributed by atoms with Crippen molar-refractivity contribution in [1.82, 2.24) is 31.1 Å². The first-order valence-corrected chi connectivity index (χ1v) is 15.3. The number of nitrogens with zero attached hydrogens (tertiary/aromatic N) is 2. The lowest BCUT2D eigenvalue weighted by molar-refractivity contribution is -0.142. The predicted molar refractivity (Wildman–Crippen MR) is 160 cm³/mol. The topological polar surface area (TPSA) is 284 Å². The van der Waals surface area contributed by atoms with Gasteiger partial charge in [-0.3, -0.25) is 33.6 Å². The quantitative estimate of drug-likeness (QED) is 0.0746. The minimum Gasteiger partial charge on any atom is -0.480 e. The van der Waals surface area contributed by atoms with E-state index in [9.17, 15) is 48.6 Å². The Bertz CT molecular complexity index is 1170. The molecule has 0 spiro atoms. The molecule has 0 aromatic heterocycles. The van der Waals surface area contributed by atoms with E-state index in [0.29, 0.717) is 19.3 Å². The first-order chi connectivity index (χ1) is 21.7. The molecule has 2 heterocycles. The molecule has 0 aliphatic carbocycles. The molecule has 0 aromatic carbocycles. The summed E-state index contributed by atoms with van der Waals surface area (Å²) in [4.78, 5) is 102. The molecule has 0 saturated carbocycles. The van der Waals surface area contributed by atoms with Crippen LogP contribution in [0.3, 0.4) is 0 Å². The van der Waals surface area contributed by atoms with E-state index in [1.165, 1.54) is 9.80 Å². The largest absolute Gasteiger partial charge is 0.480 e. The van der Waals surface area contributed by atoms with Crippen LogP contribution in [0.1, 0.15) is 58.8 Å². The Hall–Kier alpha value is -4.32. The molecule has 2 rings (SSSR count). The number of nitrogens with two attached hydrogens (primary N) is 2. The lowest BCUT2D eigenvalue weighted by atomic mass is 10.0. The number of primary amides is 1. The van der Waals surface area contributed by atoms with Crippen LogP contribution in [0, 0.1) is 5.92 Å². The Balaban J connectivity index is 1.98. The Morgan fingerprint density at radius 3 is 2.02 bits per heavy atom. The van der Waals surface area contributed by atoms with Crippen molar-refractivity contribution >= 4 is 47.3 Å². The van der Waals surface area contributed by atoms with Gasteiger partial charge in [0.1, 0.15) is 30.2 Å². The Kier molecular flexibility index (Phi) is 14.8. The van der Waals surface area contributed by atoms with Crippen molar-refractivity contribution in [3.05, 3.63) is 0 Å². The fourth-order valence-corrected chi connectivity index (χ4v) is 5.37. The zero-order valence-corrected chi connectivity index (χ0v) is 26.2. The standard InChI is InChI=1S/C28H46N8O10/c1-15(2)11-18(28(45)46)33-22(39)12-31-24(41)17(7-8-21(30)38)34-26(43)20-6-3-9-35(20)23(40)13-32-25(42)19-5-4-10-36(19)27(44)16(29)14-37/h15-20,37H,3-14,29H2,1-2H3,(H2,30,38)(H,31,41)(H,32,42)(H,33,39)(H,34,43)(H,45,46)/t16-,17-,18-,19-,20-/m0/s1. The number of amides is 7. The fourth-order valence-electron chi connectivity index (χ4n) is 5.37. The summed E-state index contributed by atoms with van der Waals surface area (Å²) in [5, 5.41) is 28.2. The van der Waals surface area contributed by atoms with Crippen molar-refractivity contribution < 1.29 is 48.6 Å². The molecule has 2 aliphatic heterocycles. The van der Waals surface area contributed by atoms with Crippen molar-refractivity contribution in [3.63, 3.8) is 0 Å². The van der Waals surface area contributed by atoms with E-state index in [0.717, 1.165) is 0 Å². The van der Waals surface area contributed by atoms with Gasteiger partial charge >= 0.3 is 5.97 Å². The third-order valence-electron chi connectivity index (χ3n) is 7.72. The minimum absolute atomic E-state index is 0.0205. The van der Waals surface area contributed by atoms with Gasteiger partial charge in [-0.1, -0.05) is 13.8 Å². The molecule has 258 valence electrons. The maximum atomic E-state index is 13.2. The van der Waals surface area contributed by atoms with E-state index in [1.54, 1.807) is 13.8 Å². The highest BCUT2D eigenvalue weighted by atomic mass is 16.4. The number of carbonyl (C=O) groups excluding carboxylic acids is 7. The highest BCUT2D eigenvalue weighted by Gasteiger charge is 2.38. The van der Waals surface area contributed by atoms with Crippen LogP contribution in [-0.2, 0) is 38.4 Å². The number of carboxylic acids is 1. The zero-order valence-electron chi connectivity index (χ0n) is 26.2. The molecule has 5 atom stereocenters. The van der Waals surface area contributed by atoms with E-state index < -0.39 is 97.2 Å². The van der Waals surface area contributed by atoms with Gasteiger partial charge in [0.05, 0.1) is 19.7 Å². The second kappa shape index (κ2) is 18.0. The number of carbonyl (C=O) groups is 8. The zero-order chi connectivity index (χ0) is 34.6. The molecule has 2 aliphatic rings. The summed E-state index contributed by atoms with van der Waals surface area (Å²) in [7, 11) is 0. The average Bonchev–Trinajstić information content (AvgIpc) is 3.69. The fraction of sp³-hybridized carbons (Fsp3) is 0.714. The van der Waals surface area contributed by atoms with E-state index in [4.69, 9.17) is 11.5 Å². The molecular weight excluding hydrogens is 608 g/mol. The molecule has 2 saturated heterocycles. The van der Waals surface area contributed by atoms with Gasteiger partial charge in [0.2, 0.25) is 41.4 Å². The van der Waals surface area contributed by atoms with Gasteiger partial charge in [-0.15, -0.1) is 0 Å². The number of aliphatic hydroxyl groups excluding tert-OH is 1. The highest BCUT2D eigenvalue weighted by molar-refractivity contribution is 5.96. The van der Waals surface area contributed by atoms with Crippen molar-refractivity contribution in [2.24, 2.45) is 17.4 Å². The van der Waals surface area contributed by atoms with E-state index >= 15 is 0 Å². The molecule has 0 bridgehead atoms. The third kappa shape index (κ3) is 11.2. The van der Waals surface area contributed by atoms with Crippen molar-refractivity contribution in [3.8, 4) is 0 Å². The Morgan fingerprint density at radius 1 is 0.848 bits per heavy atom. The summed E-state index contributed by atoms with van der Waals surface area (Å²) in [5.41, 5.74) is 10.8. The summed E-state index contributed by atoms with van der Waals surface area (Å²) in [5.74, 6) is -5.99. The number of likely N-dealkylation sites (tertiary alicyclic amines) is 2. The van der Waals surface area contributed by atoms with Crippen LogP contribution in [-0.4, -0.2) is 130 Å². The van der Waals surface area contributed by atoms with Crippen molar-refractivity contribution in [2.75, 3.05) is 32.8 Å². The second-order valence-electron chi connectivity index (χ2n) is 11.8. The number of aliphatic carboxylic acids is 1. The van der Waals surface area contributed by atoms with E-state index in [2.05, 4.69) is 21.3 Å². The van der Waals surface area contributed by atoms with Crippen LogP contribution in [0.15, 0.2) is 0 Å². The highest BCUT2D eigenvalue weighted by Crippen LogP contribution is 2.20. The predicted octanol–water partition coefficient (Wildman–Crippen LogP) is -4.11. The number of aliphatic hydroxyl groups is 1. The first kappa shape index (κ1) is 37.9. The summed E-state index contributed by atoms with van der Waals surface area (Å²) >= 11 is 0. The molecule has 0 unspecified atom stereocenters. The normalized spacial score (nSPS) is 19.6. The van der Waals surface area contributed by atoms with Gasteiger partial charge in [-0.05, 0) is 44.4 Å². The van der Waals surface area contributed by atoms with Crippen LogP contribution in [0.4, 0.5) is 0 Å². The summed E-state index contributed by atoms with van der Waals surface area (Å²) in [6, 6.07) is -5.46. The van der Waals surface area contributed by atoms with Crippen LogP contribution in [0.5, 0.6) is 0 Å². The molecule has 0 aromatic rings. The smallest absolute Gasteiger partial charge is 0.326 e. The summed E-state index contributed by atoms with van der Waals surface area (Å²) in [6.07, 6.45) is 1.31. The van der Waals surface area contributed by atoms with Crippen LogP contribution < -0.4 is 32.7 Å². The lowest BCUT2D eigenvalue weighted by Crippen LogP contribution is -2.56. The maximum absolute atomic E-state index is 13.2. The van der Waals surface area contributed by atoms with E-state index in [1.807, 2.05) is 0 Å². The average molecular weight is 655 g/mol. The van der Waals surface area contributed by atoms with Gasteiger partial charge in [0, 0.05) is 19.5 Å². The number of carboxylic acid groups (broad SMARTS) is 1. The summed E-state index contributed by atoms with van der Waals surface area (Å²) < 4.78 is 0. The number of hydrogen-bond acceptors (Lipinski definition) is 10. The van der Waals surface area contributed by atoms with Crippen LogP contribution in [0.2, 0.25) is 0 Å². The first-order valence-electron chi connectivity index (χ1n) is 15.3. The van der Waals surface area contributed by atoms with Crippen LogP contribution >= 0.6 is 0 Å². The molecule has 7 amide bonds. The van der Waals surface area contributed by atoms with Gasteiger partial charge in [0.15, 0.2) is 0 Å². The number of rotatable bonds is 17. The monoisotopic (exact) mass is 654 g/mol. The van der Waals surface area contributed by atoms with Gasteiger partial charge in [-0.2, -0.15) is 0 Å². The van der Waals surface area contributed by atoms with Crippen LogP contribution in [0.25, 0.3) is 0 Å². The Morgan fingerprint density at radius 2 is 1.46 bits per heavy atom. The Labute approximate surface area is 266 Å². The number of nitrogens with one attached hydrogen (secondary N) is 4. The summed E-state index contributed by atoms with van der Waals surface area (Å²) in [6.45, 7) is 2.43. The van der Waals surface area contributed by atoms with Gasteiger partial charge in [0.25, 0.3) is 0 Å². The lowest BCUT2D eigenvalue weighted by Gasteiger charge is -2.28. The van der Waals surface area contributed by atoms with Gasteiger partial charge < -0.3 is 52.7 Å². The van der Waals surface area contributed by atoms with Gasteiger partial charge in [-0.25, -0.2) is 4.79 Å². The molecule has 18 heteroatoms. The third-order valence-corrected chi connectivity index (χ3v) is 7.72. The minimum atomic E-state index is -1.30. The van der Waals surface area contributed by atoms with Crippen molar-refractivity contribution in [2.45, 2.75) is 89.0 Å². The molecular formula is C28H46N8O10. The molecule has 10 N–H and O–H groups in total. The second-order valence-corrected chi connectivity index (χ2v) is 11.8. The molecule has 0 radical (unpaired) electrons. The molecule has 18 nitrogen and oxygen atoms in total. The van der Waals surface area contributed by atoms with Crippen molar-refractivity contribution in [1.29, 1.82) is 0 Å². The molecule has 46 heavy (non-hydrogen) atoms. The van der Waals surface area contributed by atoms with E-state index in [-0.39, 0.29) is 44.7 Å². The number of hydrogen-bond donors (Lipinski definition) is 8. The SMILES string of the molecule is CC(C)C[C@H](NC(=O)CNC(=O)[C@H](CCC(N)=O)NC(=O)[C@@H]1CCCN1C(=O)CNC(=O)[C@@H]1CCCN1C(=O)[C@@H](N)CO)C(=O)O. The maximum Gasteiger partial charge on any atom is 0.326 e. The molecule has 2 fully saturated rings.